The SMILES string of the molecule is O=C1c2ccccc2N[C@@H](c2ccc(Cl)cc2)c2cccn21. The maximum atomic E-state index is 12.7. The number of nitrogens with one attached hydrogen (secondary N) is 1. The van der Waals surface area contributed by atoms with Gasteiger partial charge >= 0.3 is 0 Å². The monoisotopic (exact) mass is 308 g/mol. The lowest BCUT2D eigenvalue weighted by Gasteiger charge is -2.19. The fourth-order valence-electron chi connectivity index (χ4n) is 2.88. The second kappa shape index (κ2) is 5.04. The number of hydrogen-bond acceptors (Lipinski definition) is 2. The molecule has 0 saturated heterocycles. The molecule has 0 spiro atoms. The van der Waals surface area contributed by atoms with Crippen molar-refractivity contribution in [3.8, 4) is 0 Å². The molecule has 1 N–H and O–H groups in total. The number of fused-ring (bicyclic) bond motifs is 2. The molecule has 108 valence electrons. The molecule has 2 heterocycles. The highest BCUT2D eigenvalue weighted by molar-refractivity contribution is 6.30. The molecule has 4 rings (SSSR count). The molecule has 2 aromatic carbocycles. The van der Waals surface area contributed by atoms with E-state index in [1.165, 1.54) is 0 Å². The molecular weight excluding hydrogens is 296 g/mol. The van der Waals surface area contributed by atoms with E-state index in [4.69, 9.17) is 11.6 Å². The van der Waals surface area contributed by atoms with Gasteiger partial charge in [-0.15, -0.1) is 0 Å². The minimum absolute atomic E-state index is 0.0143. The molecule has 0 amide bonds. The fraction of sp³-hybridized carbons (Fsp3) is 0.0556. The van der Waals surface area contributed by atoms with Crippen LogP contribution in [0.5, 0.6) is 0 Å². The summed E-state index contributed by atoms with van der Waals surface area (Å²) in [7, 11) is 0. The van der Waals surface area contributed by atoms with E-state index in [9.17, 15) is 4.79 Å². The summed E-state index contributed by atoms with van der Waals surface area (Å²) in [5.41, 5.74) is 3.50. The van der Waals surface area contributed by atoms with Gasteiger partial charge in [-0.1, -0.05) is 35.9 Å². The maximum Gasteiger partial charge on any atom is 0.264 e. The van der Waals surface area contributed by atoms with E-state index in [-0.39, 0.29) is 11.9 Å². The quantitative estimate of drug-likeness (QED) is 0.725. The van der Waals surface area contributed by atoms with Gasteiger partial charge in [-0.25, -0.2) is 0 Å². The Kier molecular flexibility index (Phi) is 3.01. The van der Waals surface area contributed by atoms with Crippen molar-refractivity contribution in [2.24, 2.45) is 0 Å². The minimum atomic E-state index is -0.0973. The normalized spacial score (nSPS) is 16.4. The van der Waals surface area contributed by atoms with Crippen LogP contribution < -0.4 is 5.32 Å². The number of aromatic nitrogens is 1. The van der Waals surface area contributed by atoms with Gasteiger partial charge in [0.15, 0.2) is 0 Å². The average Bonchev–Trinajstić information content (AvgIpc) is 2.99. The third-order valence-electron chi connectivity index (χ3n) is 3.96. The highest BCUT2D eigenvalue weighted by atomic mass is 35.5. The van der Waals surface area contributed by atoms with Gasteiger partial charge in [0.25, 0.3) is 5.91 Å². The number of nitrogens with zero attached hydrogens (tertiary/aromatic N) is 1. The Morgan fingerprint density at radius 2 is 1.73 bits per heavy atom. The molecule has 4 heteroatoms. The van der Waals surface area contributed by atoms with E-state index in [0.717, 1.165) is 16.9 Å². The van der Waals surface area contributed by atoms with Gasteiger partial charge in [0.05, 0.1) is 17.3 Å². The highest BCUT2D eigenvalue weighted by Gasteiger charge is 2.26. The Labute approximate surface area is 133 Å². The van der Waals surface area contributed by atoms with Crippen LogP contribution in [0, 0.1) is 0 Å². The number of para-hydroxylation sites is 1. The molecule has 0 unspecified atom stereocenters. The largest absolute Gasteiger partial charge is 0.372 e. The topological polar surface area (TPSA) is 34.0 Å². The second-order valence-corrected chi connectivity index (χ2v) is 5.72. The van der Waals surface area contributed by atoms with Gasteiger partial charge in [0, 0.05) is 16.9 Å². The molecule has 0 bridgehead atoms. The lowest BCUT2D eigenvalue weighted by molar-refractivity contribution is 0.0959. The van der Waals surface area contributed by atoms with Crippen LogP contribution in [0.3, 0.4) is 0 Å². The van der Waals surface area contributed by atoms with Crippen LogP contribution in [0.2, 0.25) is 5.02 Å². The number of anilines is 1. The molecule has 1 aliphatic rings. The summed E-state index contributed by atoms with van der Waals surface area (Å²) in [5.74, 6) is -0.0143. The second-order valence-electron chi connectivity index (χ2n) is 5.28. The van der Waals surface area contributed by atoms with E-state index in [2.05, 4.69) is 5.32 Å². The summed E-state index contributed by atoms with van der Waals surface area (Å²) in [6.07, 6.45) is 1.81. The van der Waals surface area contributed by atoms with E-state index in [1.807, 2.05) is 66.9 Å². The smallest absolute Gasteiger partial charge is 0.264 e. The van der Waals surface area contributed by atoms with Crippen LogP contribution in [0.15, 0.2) is 66.9 Å². The molecular formula is C18H13ClN2O. The van der Waals surface area contributed by atoms with Crippen molar-refractivity contribution in [1.29, 1.82) is 0 Å². The molecule has 0 radical (unpaired) electrons. The van der Waals surface area contributed by atoms with E-state index in [0.29, 0.717) is 10.6 Å². The molecule has 3 aromatic rings. The van der Waals surface area contributed by atoms with Crippen LogP contribution >= 0.6 is 11.6 Å². The molecule has 3 nitrogen and oxygen atoms in total. The van der Waals surface area contributed by atoms with Gasteiger partial charge in [0.1, 0.15) is 0 Å². The number of benzene rings is 2. The van der Waals surface area contributed by atoms with Crippen molar-refractivity contribution in [2.45, 2.75) is 6.04 Å². The first-order chi connectivity index (χ1) is 10.7. The van der Waals surface area contributed by atoms with Crippen LogP contribution in [-0.4, -0.2) is 10.5 Å². The first-order valence-electron chi connectivity index (χ1n) is 7.07. The van der Waals surface area contributed by atoms with Crippen molar-refractivity contribution in [2.75, 3.05) is 5.32 Å². The number of hydrogen-bond donors (Lipinski definition) is 1. The Morgan fingerprint density at radius 1 is 0.955 bits per heavy atom. The third-order valence-corrected chi connectivity index (χ3v) is 4.21. The van der Waals surface area contributed by atoms with Gasteiger partial charge in [-0.3, -0.25) is 9.36 Å². The molecule has 22 heavy (non-hydrogen) atoms. The summed E-state index contributed by atoms with van der Waals surface area (Å²) in [6, 6.07) is 19.0. The fourth-order valence-corrected chi connectivity index (χ4v) is 3.00. The predicted molar refractivity (Wildman–Crippen MR) is 87.5 cm³/mol. The summed E-state index contributed by atoms with van der Waals surface area (Å²) >= 11 is 5.99. The molecule has 1 atom stereocenters. The zero-order valence-corrected chi connectivity index (χ0v) is 12.4. The molecule has 1 aromatic heterocycles. The Morgan fingerprint density at radius 3 is 2.55 bits per heavy atom. The Hall–Kier alpha value is -2.52. The van der Waals surface area contributed by atoms with Gasteiger partial charge in [-0.2, -0.15) is 0 Å². The van der Waals surface area contributed by atoms with Crippen molar-refractivity contribution < 1.29 is 4.79 Å². The van der Waals surface area contributed by atoms with Crippen molar-refractivity contribution in [3.63, 3.8) is 0 Å². The molecule has 0 fully saturated rings. The summed E-state index contributed by atoms with van der Waals surface area (Å²) in [4.78, 5) is 12.7. The molecule has 0 saturated carbocycles. The van der Waals surface area contributed by atoms with E-state index >= 15 is 0 Å². The third kappa shape index (κ3) is 2.02. The lowest BCUT2D eigenvalue weighted by atomic mass is 10.0. The Bertz CT molecular complexity index is 852. The lowest BCUT2D eigenvalue weighted by Crippen LogP contribution is -2.15. The maximum absolute atomic E-state index is 12.7. The van der Waals surface area contributed by atoms with Gasteiger partial charge < -0.3 is 5.32 Å². The highest BCUT2D eigenvalue weighted by Crippen LogP contribution is 2.33. The first kappa shape index (κ1) is 13.2. The molecule has 1 aliphatic heterocycles. The summed E-state index contributed by atoms with van der Waals surface area (Å²) in [5, 5.41) is 4.18. The van der Waals surface area contributed by atoms with Crippen LogP contribution in [0.25, 0.3) is 0 Å². The van der Waals surface area contributed by atoms with E-state index < -0.39 is 0 Å². The van der Waals surface area contributed by atoms with Crippen LogP contribution in [0.1, 0.15) is 27.7 Å². The van der Waals surface area contributed by atoms with Crippen LogP contribution in [0.4, 0.5) is 5.69 Å². The number of carbonyl (C=O) groups excluding carboxylic acids is 1. The Balaban J connectivity index is 1.91. The standard InChI is InChI=1S/C18H13ClN2O/c19-13-9-7-12(8-10-13)17-16-6-3-11-21(16)18(22)14-4-1-2-5-15(14)20-17/h1-11,17,20H/t17-/m0/s1. The van der Waals surface area contributed by atoms with Gasteiger partial charge in [0.2, 0.25) is 0 Å². The zero-order valence-electron chi connectivity index (χ0n) is 11.7. The van der Waals surface area contributed by atoms with E-state index in [1.54, 1.807) is 4.57 Å². The first-order valence-corrected chi connectivity index (χ1v) is 7.45. The minimum Gasteiger partial charge on any atom is -0.372 e. The van der Waals surface area contributed by atoms with Crippen LogP contribution in [-0.2, 0) is 0 Å². The predicted octanol–water partition coefficient (Wildman–Crippen LogP) is 4.34. The number of halogens is 1. The summed E-state index contributed by atoms with van der Waals surface area (Å²) < 4.78 is 1.71. The number of rotatable bonds is 1. The summed E-state index contributed by atoms with van der Waals surface area (Å²) in [6.45, 7) is 0. The van der Waals surface area contributed by atoms with Crippen molar-refractivity contribution in [1.82, 2.24) is 4.57 Å². The van der Waals surface area contributed by atoms with Crippen molar-refractivity contribution >= 4 is 23.2 Å². The zero-order chi connectivity index (χ0) is 15.1. The molecule has 0 aliphatic carbocycles. The van der Waals surface area contributed by atoms with Gasteiger partial charge in [-0.05, 0) is 42.0 Å². The average molecular weight is 309 g/mol. The van der Waals surface area contributed by atoms with Crippen molar-refractivity contribution in [3.05, 3.63) is 88.7 Å². The number of carbonyl (C=O) groups is 1.